The molecule has 1 saturated heterocycles. The number of likely N-dealkylation sites (N-methyl/N-ethyl adjacent to an activating group) is 1. The predicted molar refractivity (Wildman–Crippen MR) is 122 cm³/mol. The van der Waals surface area contributed by atoms with Gasteiger partial charge in [0, 0.05) is 18.0 Å². The number of aldehydes is 1. The second kappa shape index (κ2) is 8.70. The molecule has 0 bridgehead atoms. The van der Waals surface area contributed by atoms with Gasteiger partial charge in [0.15, 0.2) is 6.29 Å². The van der Waals surface area contributed by atoms with Crippen LogP contribution in [0.15, 0.2) is 58.5 Å². The van der Waals surface area contributed by atoms with Crippen LogP contribution in [0.2, 0.25) is 5.02 Å². The molecule has 0 N–H and O–H groups in total. The monoisotopic (exact) mass is 461 g/mol. The van der Waals surface area contributed by atoms with Crippen molar-refractivity contribution in [3.05, 3.63) is 59.1 Å². The Kier molecular flexibility index (Phi) is 6.16. The molecule has 0 unspecified atom stereocenters. The number of anilines is 1. The van der Waals surface area contributed by atoms with E-state index in [4.69, 9.17) is 11.6 Å². The number of sulfonamides is 1. The zero-order chi connectivity index (χ0) is 22.1. The van der Waals surface area contributed by atoms with Crippen LogP contribution in [0.25, 0.3) is 0 Å². The van der Waals surface area contributed by atoms with Crippen molar-refractivity contribution in [2.24, 2.45) is 5.10 Å². The van der Waals surface area contributed by atoms with Gasteiger partial charge < -0.3 is 4.48 Å². The number of hydrogen-bond donors (Lipinski definition) is 0. The first kappa shape index (κ1) is 22.0. The summed E-state index contributed by atoms with van der Waals surface area (Å²) in [6, 6.07) is 14.5. The smallest absolute Gasteiger partial charge is 0.243 e. The molecule has 0 saturated carbocycles. The normalized spacial score (nSPS) is 19.3. The molecule has 31 heavy (non-hydrogen) atoms. The van der Waals surface area contributed by atoms with Gasteiger partial charge in [-0.15, -0.1) is 0 Å². The lowest BCUT2D eigenvalue weighted by Crippen LogP contribution is -2.58. The molecule has 0 atom stereocenters. The van der Waals surface area contributed by atoms with Crippen molar-refractivity contribution in [2.45, 2.75) is 11.3 Å². The molecule has 2 aliphatic heterocycles. The van der Waals surface area contributed by atoms with Crippen LogP contribution in [-0.2, 0) is 14.8 Å². The molecule has 0 aliphatic carbocycles. The summed E-state index contributed by atoms with van der Waals surface area (Å²) >= 11 is 5.96. The molecule has 0 amide bonds. The second-order valence-electron chi connectivity index (χ2n) is 8.24. The number of quaternary nitrogens is 1. The molecule has 2 aromatic rings. The van der Waals surface area contributed by atoms with Crippen LogP contribution >= 0.6 is 11.6 Å². The third-order valence-corrected chi connectivity index (χ3v) is 8.21. The highest BCUT2D eigenvalue weighted by molar-refractivity contribution is 7.89. The number of rotatable bonds is 6. The van der Waals surface area contributed by atoms with Gasteiger partial charge in [-0.2, -0.15) is 9.41 Å². The third-order valence-electron chi connectivity index (χ3n) is 6.05. The van der Waals surface area contributed by atoms with Crippen molar-refractivity contribution in [3.8, 4) is 0 Å². The molecule has 164 valence electrons. The fourth-order valence-corrected chi connectivity index (χ4v) is 5.51. The fraction of sp³-hybridized carbons (Fsp3) is 0.364. The van der Waals surface area contributed by atoms with E-state index >= 15 is 0 Å². The van der Waals surface area contributed by atoms with Gasteiger partial charge in [0.2, 0.25) is 10.0 Å². The Balaban J connectivity index is 1.46. The quantitative estimate of drug-likeness (QED) is 0.489. The van der Waals surface area contributed by atoms with Gasteiger partial charge in [-0.3, -0.25) is 9.80 Å². The van der Waals surface area contributed by atoms with Crippen LogP contribution < -0.4 is 5.01 Å². The number of benzene rings is 2. The molecule has 0 spiro atoms. The van der Waals surface area contributed by atoms with Crippen LogP contribution in [-0.4, -0.2) is 75.5 Å². The van der Waals surface area contributed by atoms with E-state index in [1.807, 2.05) is 36.3 Å². The Labute approximate surface area is 188 Å². The van der Waals surface area contributed by atoms with E-state index in [0.29, 0.717) is 42.2 Å². The Hall–Kier alpha value is -2.26. The van der Waals surface area contributed by atoms with Crippen molar-refractivity contribution in [1.82, 2.24) is 4.31 Å². The van der Waals surface area contributed by atoms with Crippen LogP contribution in [0.3, 0.4) is 0 Å². The zero-order valence-electron chi connectivity index (χ0n) is 17.4. The van der Waals surface area contributed by atoms with Crippen molar-refractivity contribution in [3.63, 3.8) is 0 Å². The molecule has 0 aromatic heterocycles. The van der Waals surface area contributed by atoms with E-state index in [-0.39, 0.29) is 4.90 Å². The van der Waals surface area contributed by atoms with E-state index in [1.54, 1.807) is 24.3 Å². The van der Waals surface area contributed by atoms with Gasteiger partial charge in [-0.05, 0) is 42.0 Å². The number of hydrazone groups is 1. The van der Waals surface area contributed by atoms with E-state index in [1.165, 1.54) is 4.31 Å². The number of nitrogens with zero attached hydrogens (tertiary/aromatic N) is 4. The van der Waals surface area contributed by atoms with Crippen molar-refractivity contribution < 1.29 is 17.7 Å². The van der Waals surface area contributed by atoms with Crippen LogP contribution in [0.1, 0.15) is 12.0 Å². The molecule has 9 heteroatoms. The summed E-state index contributed by atoms with van der Waals surface area (Å²) in [6.45, 7) is 3.24. The summed E-state index contributed by atoms with van der Waals surface area (Å²) in [4.78, 5) is 11.1. The largest absolute Gasteiger partial charge is 0.318 e. The number of piperazine rings is 1. The predicted octanol–water partition coefficient (Wildman–Crippen LogP) is 2.60. The molecule has 2 heterocycles. The first-order valence-electron chi connectivity index (χ1n) is 10.3. The van der Waals surface area contributed by atoms with E-state index in [2.05, 4.69) is 5.10 Å². The van der Waals surface area contributed by atoms with E-state index in [9.17, 15) is 13.2 Å². The minimum Gasteiger partial charge on any atom is -0.318 e. The van der Waals surface area contributed by atoms with Crippen LogP contribution in [0.4, 0.5) is 5.69 Å². The van der Waals surface area contributed by atoms with Gasteiger partial charge in [-0.25, -0.2) is 8.42 Å². The number of carbonyl (C=O) groups excluding carboxylic acids is 1. The third kappa shape index (κ3) is 4.67. The minimum absolute atomic E-state index is 0.281. The highest BCUT2D eigenvalue weighted by Crippen LogP contribution is 2.26. The van der Waals surface area contributed by atoms with Crippen molar-refractivity contribution in [2.75, 3.05) is 51.3 Å². The maximum atomic E-state index is 13.1. The molecular weight excluding hydrogens is 436 g/mol. The first-order chi connectivity index (χ1) is 14.8. The lowest BCUT2D eigenvalue weighted by atomic mass is 10.1. The van der Waals surface area contributed by atoms with Crippen LogP contribution in [0, 0.1) is 0 Å². The summed E-state index contributed by atoms with van der Waals surface area (Å²) in [5, 5.41) is 7.27. The molecule has 7 nitrogen and oxygen atoms in total. The Bertz CT molecular complexity index is 1080. The maximum Gasteiger partial charge on any atom is 0.243 e. The maximum absolute atomic E-state index is 13.1. The molecule has 2 aromatic carbocycles. The van der Waals surface area contributed by atoms with E-state index in [0.717, 1.165) is 36.2 Å². The lowest BCUT2D eigenvalue weighted by molar-refractivity contribution is -0.904. The number of hydrogen-bond acceptors (Lipinski definition) is 5. The van der Waals surface area contributed by atoms with Gasteiger partial charge >= 0.3 is 0 Å². The first-order valence-corrected chi connectivity index (χ1v) is 12.1. The average Bonchev–Trinajstić information content (AvgIpc) is 3.25. The topological polar surface area (TPSA) is 70.1 Å². The number of halogens is 1. The van der Waals surface area contributed by atoms with Gasteiger partial charge in [0.05, 0.1) is 49.5 Å². The second-order valence-corrected chi connectivity index (χ2v) is 10.6. The molecule has 1 fully saturated rings. The Morgan fingerprint density at radius 1 is 1.03 bits per heavy atom. The zero-order valence-corrected chi connectivity index (χ0v) is 19.0. The summed E-state index contributed by atoms with van der Waals surface area (Å²) in [6.07, 6.45) is 1.72. The molecule has 4 rings (SSSR count). The van der Waals surface area contributed by atoms with Gasteiger partial charge in [-0.1, -0.05) is 23.7 Å². The van der Waals surface area contributed by atoms with Crippen LogP contribution in [0.5, 0.6) is 0 Å². The van der Waals surface area contributed by atoms with E-state index < -0.39 is 10.0 Å². The van der Waals surface area contributed by atoms with Gasteiger partial charge in [0.25, 0.3) is 0 Å². The average molecular weight is 462 g/mol. The lowest BCUT2D eigenvalue weighted by Gasteiger charge is -2.40. The molecule has 2 aliphatic rings. The summed E-state index contributed by atoms with van der Waals surface area (Å²) in [5.41, 5.74) is 2.88. The SMILES string of the molecule is C[N+]1(CC=O)CCN(S(=O)(=O)c2ccc(N3CCC(c4ccc(Cl)cc4)=N3)cc2)CC1. The highest BCUT2D eigenvalue weighted by Gasteiger charge is 2.35. The Morgan fingerprint density at radius 2 is 1.68 bits per heavy atom. The minimum atomic E-state index is -3.56. The summed E-state index contributed by atoms with van der Waals surface area (Å²) in [7, 11) is -1.57. The molecular formula is C22H26ClN4O3S+. The van der Waals surface area contributed by atoms with Crippen molar-refractivity contribution >= 4 is 39.3 Å². The Morgan fingerprint density at radius 3 is 2.29 bits per heavy atom. The van der Waals surface area contributed by atoms with Crippen molar-refractivity contribution in [1.29, 1.82) is 0 Å². The fourth-order valence-electron chi connectivity index (χ4n) is 3.96. The summed E-state index contributed by atoms with van der Waals surface area (Å²) in [5.74, 6) is 0. The van der Waals surface area contributed by atoms with Gasteiger partial charge in [0.1, 0.15) is 6.54 Å². The standard InChI is InChI=1S/C22H26ClN4O3S/c1-27(16-17-28)14-12-25(13-15-27)31(29,30)21-8-6-20(7-9-21)26-11-10-22(24-26)18-2-4-19(23)5-3-18/h2-9,17H,10-16H2,1H3/q+1. The molecule has 0 radical (unpaired) electrons. The number of carbonyl (C=O) groups is 1. The highest BCUT2D eigenvalue weighted by atomic mass is 35.5. The summed E-state index contributed by atoms with van der Waals surface area (Å²) < 4.78 is 28.2.